The molecule has 0 aromatic heterocycles. The van der Waals surface area contributed by atoms with Crippen molar-refractivity contribution >= 4 is 17.3 Å². The lowest BCUT2D eigenvalue weighted by Gasteiger charge is -2.38. The molecule has 0 radical (unpaired) electrons. The SMILES string of the molecule is CC1(C)CN(C(=O)c2c(F)ccc([N+](=O)[O-])c2N)CCO1. The van der Waals surface area contributed by atoms with Gasteiger partial charge in [0.05, 0.1) is 17.1 Å². The topological polar surface area (TPSA) is 98.7 Å². The van der Waals surface area contributed by atoms with E-state index >= 15 is 0 Å². The van der Waals surface area contributed by atoms with Gasteiger partial charge in [-0.25, -0.2) is 4.39 Å². The molecular formula is C13H16FN3O4. The van der Waals surface area contributed by atoms with E-state index < -0.39 is 39.2 Å². The number of halogens is 1. The average molecular weight is 297 g/mol. The Morgan fingerprint density at radius 1 is 1.52 bits per heavy atom. The molecule has 1 saturated heterocycles. The average Bonchev–Trinajstić information content (AvgIpc) is 2.36. The Hall–Kier alpha value is -2.22. The number of nitrogens with two attached hydrogens (primary N) is 1. The quantitative estimate of drug-likeness (QED) is 0.507. The molecule has 1 aromatic rings. The molecule has 1 amide bonds. The maximum Gasteiger partial charge on any atom is 0.293 e. The molecule has 1 aliphatic rings. The summed E-state index contributed by atoms with van der Waals surface area (Å²) >= 11 is 0. The fourth-order valence-corrected chi connectivity index (χ4v) is 2.31. The van der Waals surface area contributed by atoms with Gasteiger partial charge >= 0.3 is 0 Å². The molecule has 2 rings (SSSR count). The summed E-state index contributed by atoms with van der Waals surface area (Å²) in [5.41, 5.74) is 3.66. The van der Waals surface area contributed by atoms with E-state index in [1.165, 1.54) is 4.90 Å². The number of rotatable bonds is 2. The first-order valence-electron chi connectivity index (χ1n) is 6.38. The highest BCUT2D eigenvalue weighted by molar-refractivity contribution is 6.01. The Bertz CT molecular complexity index is 603. The maximum absolute atomic E-state index is 13.9. The number of carbonyl (C=O) groups is 1. The van der Waals surface area contributed by atoms with E-state index in [0.29, 0.717) is 6.61 Å². The predicted molar refractivity (Wildman–Crippen MR) is 73.4 cm³/mol. The Balaban J connectivity index is 2.39. The Morgan fingerprint density at radius 3 is 2.76 bits per heavy atom. The van der Waals surface area contributed by atoms with Crippen LogP contribution in [0.4, 0.5) is 15.8 Å². The van der Waals surface area contributed by atoms with Crippen molar-refractivity contribution in [1.29, 1.82) is 0 Å². The smallest absolute Gasteiger partial charge is 0.293 e. The fraction of sp³-hybridized carbons (Fsp3) is 0.462. The summed E-state index contributed by atoms with van der Waals surface area (Å²) in [6, 6.07) is 1.83. The van der Waals surface area contributed by atoms with E-state index in [9.17, 15) is 19.3 Å². The Labute approximate surface area is 120 Å². The summed E-state index contributed by atoms with van der Waals surface area (Å²) in [4.78, 5) is 23.9. The maximum atomic E-state index is 13.9. The number of nitro benzene ring substituents is 1. The van der Waals surface area contributed by atoms with Gasteiger partial charge in [-0.1, -0.05) is 0 Å². The molecule has 114 valence electrons. The second-order valence-electron chi connectivity index (χ2n) is 5.45. The lowest BCUT2D eigenvalue weighted by Crippen LogP contribution is -2.50. The summed E-state index contributed by atoms with van der Waals surface area (Å²) < 4.78 is 19.4. The van der Waals surface area contributed by atoms with E-state index in [1.807, 2.05) is 0 Å². The number of nitro groups is 1. The van der Waals surface area contributed by atoms with Crippen molar-refractivity contribution in [3.05, 3.63) is 33.6 Å². The van der Waals surface area contributed by atoms with Gasteiger partial charge < -0.3 is 15.4 Å². The minimum atomic E-state index is -0.868. The lowest BCUT2D eigenvalue weighted by atomic mass is 10.0. The van der Waals surface area contributed by atoms with Gasteiger partial charge in [0.25, 0.3) is 11.6 Å². The molecule has 2 N–H and O–H groups in total. The van der Waals surface area contributed by atoms with Gasteiger partial charge in [0.15, 0.2) is 0 Å². The minimum Gasteiger partial charge on any atom is -0.392 e. The zero-order valence-corrected chi connectivity index (χ0v) is 11.8. The van der Waals surface area contributed by atoms with E-state index in [4.69, 9.17) is 10.5 Å². The zero-order valence-electron chi connectivity index (χ0n) is 11.8. The van der Waals surface area contributed by atoms with E-state index in [2.05, 4.69) is 0 Å². The van der Waals surface area contributed by atoms with E-state index in [1.54, 1.807) is 13.8 Å². The van der Waals surface area contributed by atoms with Crippen molar-refractivity contribution in [2.75, 3.05) is 25.4 Å². The normalized spacial score (nSPS) is 17.6. The number of nitrogen functional groups attached to an aromatic ring is 1. The number of ether oxygens (including phenoxy) is 1. The van der Waals surface area contributed by atoms with Crippen LogP contribution in [0.2, 0.25) is 0 Å². The molecule has 0 atom stereocenters. The third-order valence-corrected chi connectivity index (χ3v) is 3.30. The molecule has 1 aliphatic heterocycles. The van der Waals surface area contributed by atoms with Gasteiger partial charge in [-0.15, -0.1) is 0 Å². The van der Waals surface area contributed by atoms with Crippen molar-refractivity contribution in [2.24, 2.45) is 0 Å². The molecule has 0 spiro atoms. The molecule has 1 fully saturated rings. The number of benzene rings is 1. The number of hydrogen-bond donors (Lipinski definition) is 1. The van der Waals surface area contributed by atoms with Crippen LogP contribution in [0.25, 0.3) is 0 Å². The number of hydrogen-bond acceptors (Lipinski definition) is 5. The lowest BCUT2D eigenvalue weighted by molar-refractivity contribution is -0.384. The zero-order chi connectivity index (χ0) is 15.8. The van der Waals surface area contributed by atoms with Crippen LogP contribution >= 0.6 is 0 Å². The van der Waals surface area contributed by atoms with Crippen LogP contribution in [0, 0.1) is 15.9 Å². The van der Waals surface area contributed by atoms with Gasteiger partial charge in [0.2, 0.25) is 0 Å². The van der Waals surface area contributed by atoms with E-state index in [-0.39, 0.29) is 13.1 Å². The molecule has 0 aliphatic carbocycles. The summed E-state index contributed by atoms with van der Waals surface area (Å²) in [6.07, 6.45) is 0. The molecule has 1 aromatic carbocycles. The van der Waals surface area contributed by atoms with Crippen molar-refractivity contribution in [3.63, 3.8) is 0 Å². The van der Waals surface area contributed by atoms with Crippen molar-refractivity contribution in [1.82, 2.24) is 4.90 Å². The third kappa shape index (κ3) is 2.94. The highest BCUT2D eigenvalue weighted by Crippen LogP contribution is 2.29. The molecule has 0 unspecified atom stereocenters. The monoisotopic (exact) mass is 297 g/mol. The standard InChI is InChI=1S/C13H16FN3O4/c1-13(2)7-16(5-6-21-13)12(18)10-8(14)3-4-9(11(10)15)17(19)20/h3-4H,5-7,15H2,1-2H3. The summed E-state index contributed by atoms with van der Waals surface area (Å²) in [6.45, 7) is 4.46. The Morgan fingerprint density at radius 2 is 2.19 bits per heavy atom. The van der Waals surface area contributed by atoms with Gasteiger partial charge in [-0.2, -0.15) is 0 Å². The van der Waals surface area contributed by atoms with Gasteiger partial charge in [-0.3, -0.25) is 14.9 Å². The van der Waals surface area contributed by atoms with Crippen LogP contribution in [-0.4, -0.2) is 41.0 Å². The summed E-state index contributed by atoms with van der Waals surface area (Å²) in [5.74, 6) is -1.53. The minimum absolute atomic E-state index is 0.257. The molecule has 7 nitrogen and oxygen atoms in total. The molecule has 0 bridgehead atoms. The summed E-state index contributed by atoms with van der Waals surface area (Å²) in [7, 11) is 0. The molecule has 21 heavy (non-hydrogen) atoms. The fourth-order valence-electron chi connectivity index (χ4n) is 2.31. The van der Waals surface area contributed by atoms with Crippen LogP contribution in [0.1, 0.15) is 24.2 Å². The summed E-state index contributed by atoms with van der Waals surface area (Å²) in [5, 5.41) is 10.8. The predicted octanol–water partition coefficient (Wildman–Crippen LogP) is 1.57. The first-order valence-corrected chi connectivity index (χ1v) is 6.38. The van der Waals surface area contributed by atoms with Crippen molar-refractivity contribution in [2.45, 2.75) is 19.4 Å². The van der Waals surface area contributed by atoms with Crippen LogP contribution in [0.3, 0.4) is 0 Å². The van der Waals surface area contributed by atoms with E-state index in [0.717, 1.165) is 12.1 Å². The molecule has 0 saturated carbocycles. The molecule has 8 heteroatoms. The van der Waals surface area contributed by atoms with Crippen LogP contribution < -0.4 is 5.73 Å². The molecule has 1 heterocycles. The third-order valence-electron chi connectivity index (χ3n) is 3.30. The number of morpholine rings is 1. The van der Waals surface area contributed by atoms with Gasteiger partial charge in [0.1, 0.15) is 17.1 Å². The van der Waals surface area contributed by atoms with Gasteiger partial charge in [0, 0.05) is 19.2 Å². The van der Waals surface area contributed by atoms with Crippen LogP contribution in [0.5, 0.6) is 0 Å². The van der Waals surface area contributed by atoms with Crippen molar-refractivity contribution in [3.8, 4) is 0 Å². The number of anilines is 1. The second kappa shape index (κ2) is 5.28. The Kier molecular flexibility index (Phi) is 3.82. The first kappa shape index (κ1) is 15.2. The van der Waals surface area contributed by atoms with Gasteiger partial charge in [-0.05, 0) is 19.9 Å². The largest absolute Gasteiger partial charge is 0.392 e. The number of nitrogens with zero attached hydrogens (tertiary/aromatic N) is 2. The van der Waals surface area contributed by atoms with Crippen LogP contribution in [0.15, 0.2) is 12.1 Å². The number of carbonyl (C=O) groups excluding carboxylic acids is 1. The second-order valence-corrected chi connectivity index (χ2v) is 5.45. The van der Waals surface area contributed by atoms with Crippen LogP contribution in [-0.2, 0) is 4.74 Å². The first-order chi connectivity index (χ1) is 9.73. The highest BCUT2D eigenvalue weighted by atomic mass is 19.1. The number of amides is 1. The van der Waals surface area contributed by atoms with Crippen molar-refractivity contribution < 1.29 is 18.8 Å². The highest BCUT2D eigenvalue weighted by Gasteiger charge is 2.33. The molecular weight excluding hydrogens is 281 g/mol.